The molecule has 1 amide bonds. The Labute approximate surface area is 114 Å². The molecule has 112 valence electrons. The van der Waals surface area contributed by atoms with Crippen LogP contribution in [0.1, 0.15) is 33.1 Å². The Hall–Kier alpha value is -0.660. The van der Waals surface area contributed by atoms with Crippen LogP contribution in [-0.2, 0) is 14.6 Å². The number of hydrogen-bond donors (Lipinski definition) is 2. The number of nitrogens with two attached hydrogens (primary N) is 1. The van der Waals surface area contributed by atoms with E-state index in [1.54, 1.807) is 6.92 Å². The minimum absolute atomic E-state index is 0.0268. The van der Waals surface area contributed by atoms with Gasteiger partial charge in [-0.15, -0.1) is 0 Å². The lowest BCUT2D eigenvalue weighted by molar-refractivity contribution is -0.139. The van der Waals surface area contributed by atoms with Gasteiger partial charge in [0.25, 0.3) is 0 Å². The molecule has 1 aliphatic heterocycles. The van der Waals surface area contributed by atoms with Crippen molar-refractivity contribution in [3.05, 3.63) is 0 Å². The first-order chi connectivity index (χ1) is 8.73. The van der Waals surface area contributed by atoms with Gasteiger partial charge in [0.05, 0.1) is 23.7 Å². The van der Waals surface area contributed by atoms with E-state index in [1.165, 1.54) is 4.90 Å². The number of amides is 1. The van der Waals surface area contributed by atoms with Crippen LogP contribution >= 0.6 is 0 Å². The van der Waals surface area contributed by atoms with Gasteiger partial charge in [-0.2, -0.15) is 0 Å². The van der Waals surface area contributed by atoms with Crippen LogP contribution in [0.5, 0.6) is 0 Å². The second-order valence-electron chi connectivity index (χ2n) is 5.45. The zero-order valence-electron chi connectivity index (χ0n) is 11.6. The normalized spacial score (nSPS) is 24.9. The summed E-state index contributed by atoms with van der Waals surface area (Å²) < 4.78 is 23.0. The Morgan fingerprint density at radius 3 is 2.58 bits per heavy atom. The molecule has 0 aromatic carbocycles. The van der Waals surface area contributed by atoms with Gasteiger partial charge in [-0.3, -0.25) is 4.79 Å². The third kappa shape index (κ3) is 4.15. The van der Waals surface area contributed by atoms with Gasteiger partial charge in [0.2, 0.25) is 5.91 Å². The summed E-state index contributed by atoms with van der Waals surface area (Å²) in [6.45, 7) is 3.54. The van der Waals surface area contributed by atoms with Crippen LogP contribution in [0.3, 0.4) is 0 Å². The van der Waals surface area contributed by atoms with Crippen LogP contribution in [0.2, 0.25) is 0 Å². The standard InChI is InChI=1S/C12H24N2O4S/c1-3-5-12(2,13)11(16)14(6-7-15)10-4-8-19(17,18)9-10/h10,15H,3-9,13H2,1-2H3. The zero-order chi connectivity index (χ0) is 14.7. The number of aliphatic hydroxyl groups is 1. The van der Waals surface area contributed by atoms with Crippen LogP contribution in [0, 0.1) is 0 Å². The van der Waals surface area contributed by atoms with Crippen molar-refractivity contribution in [2.24, 2.45) is 5.73 Å². The van der Waals surface area contributed by atoms with Gasteiger partial charge in [-0.1, -0.05) is 13.3 Å². The number of carbonyl (C=O) groups is 1. The predicted molar refractivity (Wildman–Crippen MR) is 73.4 cm³/mol. The highest BCUT2D eigenvalue weighted by molar-refractivity contribution is 7.91. The Morgan fingerprint density at radius 1 is 1.53 bits per heavy atom. The lowest BCUT2D eigenvalue weighted by Crippen LogP contribution is -2.57. The van der Waals surface area contributed by atoms with Crippen molar-refractivity contribution in [2.75, 3.05) is 24.7 Å². The van der Waals surface area contributed by atoms with E-state index < -0.39 is 15.4 Å². The zero-order valence-corrected chi connectivity index (χ0v) is 12.4. The molecule has 6 nitrogen and oxygen atoms in total. The average molecular weight is 292 g/mol. The van der Waals surface area contributed by atoms with Crippen LogP contribution in [-0.4, -0.2) is 60.6 Å². The number of rotatable bonds is 6. The van der Waals surface area contributed by atoms with Crippen molar-refractivity contribution in [3.63, 3.8) is 0 Å². The van der Waals surface area contributed by atoms with E-state index in [4.69, 9.17) is 10.8 Å². The molecule has 2 atom stereocenters. The molecule has 0 aromatic heterocycles. The summed E-state index contributed by atoms with van der Waals surface area (Å²) in [5.74, 6) is -0.200. The van der Waals surface area contributed by atoms with Gasteiger partial charge in [-0.05, 0) is 19.8 Å². The predicted octanol–water partition coefficient (Wildman–Crippen LogP) is -0.488. The minimum Gasteiger partial charge on any atom is -0.395 e. The van der Waals surface area contributed by atoms with Crippen LogP contribution < -0.4 is 5.73 Å². The van der Waals surface area contributed by atoms with Gasteiger partial charge >= 0.3 is 0 Å². The largest absolute Gasteiger partial charge is 0.395 e. The van der Waals surface area contributed by atoms with Crippen LogP contribution in [0.25, 0.3) is 0 Å². The molecule has 1 saturated heterocycles. The number of hydrogen-bond acceptors (Lipinski definition) is 5. The molecule has 7 heteroatoms. The highest BCUT2D eigenvalue weighted by Gasteiger charge is 2.39. The molecular formula is C12H24N2O4S. The lowest BCUT2D eigenvalue weighted by Gasteiger charge is -2.35. The van der Waals surface area contributed by atoms with E-state index >= 15 is 0 Å². The Morgan fingerprint density at radius 2 is 2.16 bits per heavy atom. The minimum atomic E-state index is -3.07. The summed E-state index contributed by atoms with van der Waals surface area (Å²) in [6.07, 6.45) is 1.73. The molecule has 0 saturated carbocycles. The fourth-order valence-corrected chi connectivity index (χ4v) is 4.26. The molecule has 0 aliphatic carbocycles. The van der Waals surface area contributed by atoms with Gasteiger partial charge in [0, 0.05) is 12.6 Å². The van der Waals surface area contributed by atoms with Gasteiger partial charge in [-0.25, -0.2) is 8.42 Å². The summed E-state index contributed by atoms with van der Waals surface area (Å²) in [4.78, 5) is 13.9. The fraction of sp³-hybridized carbons (Fsp3) is 0.917. The first-order valence-corrected chi connectivity index (χ1v) is 8.47. The summed E-state index contributed by atoms with van der Waals surface area (Å²) >= 11 is 0. The quantitative estimate of drug-likeness (QED) is 0.688. The summed E-state index contributed by atoms with van der Waals surface area (Å²) in [5.41, 5.74) is 5.01. The Balaban J connectivity index is 2.86. The highest BCUT2D eigenvalue weighted by Crippen LogP contribution is 2.21. The van der Waals surface area contributed by atoms with E-state index in [0.29, 0.717) is 12.8 Å². The molecule has 0 radical (unpaired) electrons. The summed E-state index contributed by atoms with van der Waals surface area (Å²) in [7, 11) is -3.07. The number of sulfone groups is 1. The lowest BCUT2D eigenvalue weighted by atomic mass is 9.95. The van der Waals surface area contributed by atoms with Crippen molar-refractivity contribution in [2.45, 2.75) is 44.7 Å². The van der Waals surface area contributed by atoms with Crippen molar-refractivity contribution in [1.29, 1.82) is 0 Å². The first-order valence-electron chi connectivity index (χ1n) is 6.64. The third-order valence-electron chi connectivity index (χ3n) is 3.51. The molecule has 19 heavy (non-hydrogen) atoms. The first kappa shape index (κ1) is 16.4. The van der Waals surface area contributed by atoms with Gasteiger partial charge in [0.15, 0.2) is 9.84 Å². The Kier molecular flexibility index (Phi) is 5.34. The number of carbonyl (C=O) groups excluding carboxylic acids is 1. The maximum absolute atomic E-state index is 12.4. The molecular weight excluding hydrogens is 268 g/mol. The molecule has 1 fully saturated rings. The topological polar surface area (TPSA) is 101 Å². The van der Waals surface area contributed by atoms with E-state index in [9.17, 15) is 13.2 Å². The molecule has 0 spiro atoms. The van der Waals surface area contributed by atoms with E-state index in [0.717, 1.165) is 6.42 Å². The monoisotopic (exact) mass is 292 g/mol. The molecule has 1 rings (SSSR count). The van der Waals surface area contributed by atoms with Crippen molar-refractivity contribution < 1.29 is 18.3 Å². The smallest absolute Gasteiger partial charge is 0.242 e. The molecule has 0 bridgehead atoms. The number of aliphatic hydroxyl groups excluding tert-OH is 1. The second kappa shape index (κ2) is 6.19. The van der Waals surface area contributed by atoms with Crippen molar-refractivity contribution >= 4 is 15.7 Å². The van der Waals surface area contributed by atoms with Crippen molar-refractivity contribution in [3.8, 4) is 0 Å². The van der Waals surface area contributed by atoms with Crippen LogP contribution in [0.4, 0.5) is 0 Å². The molecule has 3 N–H and O–H groups in total. The Bertz CT molecular complexity index is 419. The maximum atomic E-state index is 12.4. The summed E-state index contributed by atoms with van der Waals surface area (Å²) in [6, 6.07) is -0.357. The molecule has 1 aliphatic rings. The SMILES string of the molecule is CCCC(C)(N)C(=O)N(CCO)C1CCS(=O)(=O)C1. The van der Waals surface area contributed by atoms with E-state index in [2.05, 4.69) is 0 Å². The molecule has 0 aromatic rings. The molecule has 2 unspecified atom stereocenters. The van der Waals surface area contributed by atoms with Gasteiger partial charge < -0.3 is 15.7 Å². The fourth-order valence-electron chi connectivity index (χ4n) is 2.53. The maximum Gasteiger partial charge on any atom is 0.242 e. The number of nitrogens with zero attached hydrogens (tertiary/aromatic N) is 1. The average Bonchev–Trinajstić information content (AvgIpc) is 2.65. The van der Waals surface area contributed by atoms with Crippen LogP contribution in [0.15, 0.2) is 0 Å². The third-order valence-corrected chi connectivity index (χ3v) is 5.26. The van der Waals surface area contributed by atoms with E-state index in [-0.39, 0.29) is 36.6 Å². The second-order valence-corrected chi connectivity index (χ2v) is 7.68. The van der Waals surface area contributed by atoms with Crippen molar-refractivity contribution in [1.82, 2.24) is 4.90 Å². The highest BCUT2D eigenvalue weighted by atomic mass is 32.2. The van der Waals surface area contributed by atoms with Gasteiger partial charge in [0.1, 0.15) is 0 Å². The molecule has 1 heterocycles. The van der Waals surface area contributed by atoms with E-state index in [1.807, 2.05) is 6.92 Å². The summed E-state index contributed by atoms with van der Waals surface area (Å²) in [5, 5.41) is 9.09.